The molecule has 0 saturated heterocycles. The maximum atomic E-state index is 5.21. The topological polar surface area (TPSA) is 18.5 Å². The van der Waals surface area contributed by atoms with Crippen LogP contribution >= 0.6 is 8.58 Å². The van der Waals surface area contributed by atoms with E-state index in [0.717, 1.165) is 15.0 Å². The van der Waals surface area contributed by atoms with Gasteiger partial charge in [-0.25, -0.2) is 0 Å². The van der Waals surface area contributed by atoms with Crippen LogP contribution in [0.5, 0.6) is 0 Å². The molecule has 0 spiro atoms. The van der Waals surface area contributed by atoms with Gasteiger partial charge in [-0.3, -0.25) is 0 Å². The summed E-state index contributed by atoms with van der Waals surface area (Å²) in [5.41, 5.74) is 4.40. The fraction of sp³-hybridized carbons (Fsp3) is 0.700. The first-order valence-corrected chi connectivity index (χ1v) is 10.2. The van der Waals surface area contributed by atoms with Crippen LogP contribution in [0.4, 0.5) is 0 Å². The summed E-state index contributed by atoms with van der Waals surface area (Å²) >= 11 is 0. The molecule has 132 valence electrons. The minimum Gasteiger partial charge on any atom is -0.356 e. The Morgan fingerprint density at radius 3 is 2.09 bits per heavy atom. The van der Waals surface area contributed by atoms with Crippen LogP contribution in [0.25, 0.3) is 0 Å². The summed E-state index contributed by atoms with van der Waals surface area (Å²) in [6.45, 7) is 6.73. The summed E-state index contributed by atoms with van der Waals surface area (Å²) in [6.07, 6.45) is 10.3. The van der Waals surface area contributed by atoms with Crippen molar-refractivity contribution in [1.29, 1.82) is 0 Å². The van der Waals surface area contributed by atoms with Gasteiger partial charge in [0.05, 0.1) is 0 Å². The van der Waals surface area contributed by atoms with Crippen LogP contribution in [0.2, 0.25) is 0 Å². The minimum atomic E-state index is -0.0163. The first-order valence-electron chi connectivity index (χ1n) is 8.96. The van der Waals surface area contributed by atoms with E-state index in [4.69, 9.17) is 9.47 Å². The van der Waals surface area contributed by atoms with Gasteiger partial charge in [-0.15, -0.1) is 0 Å². The van der Waals surface area contributed by atoms with Crippen molar-refractivity contribution < 1.29 is 9.47 Å². The van der Waals surface area contributed by atoms with Crippen molar-refractivity contribution in [2.45, 2.75) is 72.0 Å². The van der Waals surface area contributed by atoms with E-state index < -0.39 is 0 Å². The van der Waals surface area contributed by atoms with Crippen molar-refractivity contribution in [3.63, 3.8) is 0 Å². The predicted octanol–water partition coefficient (Wildman–Crippen LogP) is 5.27. The summed E-state index contributed by atoms with van der Waals surface area (Å²) in [4.78, 5) is 0. The maximum Gasteiger partial charge on any atom is 0.156 e. The van der Waals surface area contributed by atoms with Crippen LogP contribution in [-0.2, 0) is 9.47 Å². The molecule has 0 N–H and O–H groups in total. The molecule has 3 heteroatoms. The van der Waals surface area contributed by atoms with Gasteiger partial charge in [-0.1, -0.05) is 46.4 Å². The Morgan fingerprint density at radius 2 is 1.43 bits per heavy atom. The minimum absolute atomic E-state index is 0.0163. The first kappa shape index (κ1) is 20.6. The zero-order valence-corrected chi connectivity index (χ0v) is 16.7. The summed E-state index contributed by atoms with van der Waals surface area (Å²) < 4.78 is 10.4. The fourth-order valence-electron chi connectivity index (χ4n) is 2.85. The maximum absolute atomic E-state index is 5.21. The Bertz CT molecular complexity index is 442. The van der Waals surface area contributed by atoms with Crippen LogP contribution in [-0.4, -0.2) is 26.7 Å². The molecule has 1 atom stereocenters. The Hall–Kier alpha value is -0.430. The number of unbranched alkanes of at least 4 members (excludes halogenated alkanes) is 5. The van der Waals surface area contributed by atoms with Gasteiger partial charge in [-0.2, -0.15) is 0 Å². The Kier molecular flexibility index (Phi) is 10.8. The Morgan fingerprint density at radius 1 is 0.826 bits per heavy atom. The van der Waals surface area contributed by atoms with Crippen molar-refractivity contribution in [2.75, 3.05) is 20.4 Å². The number of hydrogen-bond donors (Lipinski definition) is 0. The smallest absolute Gasteiger partial charge is 0.156 e. The lowest BCUT2D eigenvalue weighted by molar-refractivity contribution is -0.107. The molecule has 2 nitrogen and oxygen atoms in total. The summed E-state index contributed by atoms with van der Waals surface area (Å²) in [7, 11) is 4.40. The summed E-state index contributed by atoms with van der Waals surface area (Å²) in [6, 6.07) is 4.61. The highest BCUT2D eigenvalue weighted by atomic mass is 31.1. The molecule has 0 aromatic heterocycles. The van der Waals surface area contributed by atoms with Crippen molar-refractivity contribution >= 4 is 13.9 Å². The molecule has 0 fully saturated rings. The zero-order valence-electron chi connectivity index (χ0n) is 15.7. The van der Waals surface area contributed by atoms with Gasteiger partial charge in [0.1, 0.15) is 0 Å². The van der Waals surface area contributed by atoms with E-state index in [1.807, 2.05) is 0 Å². The second-order valence-electron chi connectivity index (χ2n) is 6.42. The molecule has 0 aliphatic carbocycles. The van der Waals surface area contributed by atoms with E-state index in [-0.39, 0.29) is 6.29 Å². The normalized spacial score (nSPS) is 11.9. The summed E-state index contributed by atoms with van der Waals surface area (Å²) in [5.74, 6) is 0. The van der Waals surface area contributed by atoms with E-state index in [1.165, 1.54) is 61.4 Å². The van der Waals surface area contributed by atoms with Gasteiger partial charge < -0.3 is 9.47 Å². The Balaban J connectivity index is 2.05. The van der Waals surface area contributed by atoms with Crippen molar-refractivity contribution in [3.05, 3.63) is 28.8 Å². The average Bonchev–Trinajstić information content (AvgIpc) is 2.56. The summed E-state index contributed by atoms with van der Waals surface area (Å²) in [5, 5.41) is 1.57. The van der Waals surface area contributed by atoms with E-state index >= 15 is 0 Å². The molecule has 0 aliphatic rings. The molecular weight excluding hydrogens is 303 g/mol. The van der Waals surface area contributed by atoms with E-state index in [9.17, 15) is 0 Å². The van der Waals surface area contributed by atoms with Crippen LogP contribution < -0.4 is 5.30 Å². The third-order valence-electron chi connectivity index (χ3n) is 4.77. The quantitative estimate of drug-likeness (QED) is 0.294. The zero-order chi connectivity index (χ0) is 17.1. The molecule has 1 aromatic carbocycles. The third kappa shape index (κ3) is 7.79. The van der Waals surface area contributed by atoms with Crippen molar-refractivity contribution in [3.8, 4) is 0 Å². The number of aryl methyl sites for hydroxylation is 1. The lowest BCUT2D eigenvalue weighted by Gasteiger charge is -2.12. The number of rotatable bonds is 12. The highest BCUT2D eigenvalue weighted by Crippen LogP contribution is 2.20. The first-order chi connectivity index (χ1) is 11.1. The fourth-order valence-corrected chi connectivity index (χ4v) is 4.20. The predicted molar refractivity (Wildman–Crippen MR) is 104 cm³/mol. The molecule has 0 amide bonds. The third-order valence-corrected chi connectivity index (χ3v) is 6.29. The van der Waals surface area contributed by atoms with Gasteiger partial charge in [0, 0.05) is 14.2 Å². The number of benzene rings is 1. The van der Waals surface area contributed by atoms with Crippen LogP contribution in [0.15, 0.2) is 12.1 Å². The number of ether oxygens (including phenoxy) is 2. The molecule has 1 aromatic rings. The monoisotopic (exact) mass is 338 g/mol. The molecule has 0 saturated carbocycles. The second-order valence-corrected chi connectivity index (χ2v) is 7.81. The van der Waals surface area contributed by atoms with Crippen LogP contribution in [0.1, 0.15) is 61.6 Å². The lowest BCUT2D eigenvalue weighted by Crippen LogP contribution is -2.12. The average molecular weight is 338 g/mol. The molecule has 0 aliphatic heterocycles. The molecular formula is C20H35O2P. The van der Waals surface area contributed by atoms with E-state index in [1.54, 1.807) is 19.5 Å². The number of methoxy groups -OCH3 is 2. The van der Waals surface area contributed by atoms with Gasteiger partial charge in [0.15, 0.2) is 6.29 Å². The van der Waals surface area contributed by atoms with Gasteiger partial charge in [0.2, 0.25) is 0 Å². The van der Waals surface area contributed by atoms with Crippen LogP contribution in [0.3, 0.4) is 0 Å². The molecule has 1 unspecified atom stereocenters. The van der Waals surface area contributed by atoms with Gasteiger partial charge >= 0.3 is 0 Å². The van der Waals surface area contributed by atoms with Crippen molar-refractivity contribution in [2.24, 2.45) is 0 Å². The van der Waals surface area contributed by atoms with Gasteiger partial charge in [-0.05, 0) is 68.2 Å². The standard InChI is InChI=1S/C20H35O2P/c1-16-13-14-19(18(3)17(16)2)23-15-11-9-7-6-8-10-12-20(21-4)22-5/h13-14,20,23H,6-12,15H2,1-5H3. The number of hydrogen-bond acceptors (Lipinski definition) is 2. The van der Waals surface area contributed by atoms with E-state index in [0.29, 0.717) is 0 Å². The van der Waals surface area contributed by atoms with Gasteiger partial charge in [0.25, 0.3) is 0 Å². The SMILES string of the molecule is COC(CCCCCCCCPc1ccc(C)c(C)c1C)OC. The largest absolute Gasteiger partial charge is 0.356 e. The molecule has 0 radical (unpaired) electrons. The van der Waals surface area contributed by atoms with Crippen LogP contribution in [0, 0.1) is 20.8 Å². The molecule has 1 rings (SSSR count). The second kappa shape index (κ2) is 12.0. The van der Waals surface area contributed by atoms with E-state index in [2.05, 4.69) is 32.9 Å². The molecule has 0 bridgehead atoms. The Labute approximate surface area is 145 Å². The lowest BCUT2D eigenvalue weighted by atomic mass is 10.1. The van der Waals surface area contributed by atoms with Crippen molar-refractivity contribution in [1.82, 2.24) is 0 Å². The highest BCUT2D eigenvalue weighted by molar-refractivity contribution is 7.47. The molecule has 0 heterocycles. The highest BCUT2D eigenvalue weighted by Gasteiger charge is 2.04. The molecule has 23 heavy (non-hydrogen) atoms.